The lowest BCUT2D eigenvalue weighted by molar-refractivity contribution is -0.384. The Bertz CT molecular complexity index is 1400. The fourth-order valence-corrected chi connectivity index (χ4v) is 4.33. The van der Waals surface area contributed by atoms with E-state index in [0.717, 1.165) is 4.90 Å². The number of nitro benzene ring substituents is 1. The van der Waals surface area contributed by atoms with Gasteiger partial charge in [0.2, 0.25) is 0 Å². The smallest absolute Gasteiger partial charge is 0.331 e. The number of benzene rings is 2. The molecule has 12 heteroatoms. The molecule has 190 valence electrons. The summed E-state index contributed by atoms with van der Waals surface area (Å²) in [7, 11) is 0. The van der Waals surface area contributed by atoms with Crippen molar-refractivity contribution in [2.75, 3.05) is 6.61 Å². The van der Waals surface area contributed by atoms with Gasteiger partial charge in [-0.15, -0.1) is 0 Å². The Morgan fingerprint density at radius 2 is 1.95 bits per heavy atom. The molecule has 1 aromatic heterocycles. The second kappa shape index (κ2) is 11.2. The molecular formula is C25H20IN3O8. The number of nitro groups is 1. The van der Waals surface area contributed by atoms with E-state index in [1.807, 2.05) is 22.6 Å². The molecule has 11 nitrogen and oxygen atoms in total. The zero-order chi connectivity index (χ0) is 26.5. The molecule has 1 fully saturated rings. The average molecular weight is 617 g/mol. The Labute approximate surface area is 224 Å². The maximum atomic E-state index is 13.0. The average Bonchev–Trinajstić information content (AvgIpc) is 3.37. The lowest BCUT2D eigenvalue weighted by Crippen LogP contribution is -2.53. The molecule has 3 aromatic rings. The molecule has 1 saturated heterocycles. The topological polar surface area (TPSA) is 141 Å². The first kappa shape index (κ1) is 25.9. The van der Waals surface area contributed by atoms with E-state index in [-0.39, 0.29) is 24.4 Å². The molecule has 4 amide bonds. The summed E-state index contributed by atoms with van der Waals surface area (Å²) in [6.45, 7) is 2.03. The van der Waals surface area contributed by atoms with Crippen molar-refractivity contribution in [2.24, 2.45) is 0 Å². The molecular weight excluding hydrogens is 597 g/mol. The van der Waals surface area contributed by atoms with Gasteiger partial charge in [0, 0.05) is 12.1 Å². The third-order valence-electron chi connectivity index (χ3n) is 5.23. The number of amides is 4. The zero-order valence-electron chi connectivity index (χ0n) is 19.4. The fraction of sp³-hybridized carbons (Fsp3) is 0.160. The third kappa shape index (κ3) is 5.97. The van der Waals surface area contributed by atoms with Gasteiger partial charge in [-0.2, -0.15) is 0 Å². The van der Waals surface area contributed by atoms with Crippen molar-refractivity contribution in [2.45, 2.75) is 20.1 Å². The number of non-ortho nitro benzene ring substituents is 1. The van der Waals surface area contributed by atoms with Gasteiger partial charge in [-0.3, -0.25) is 29.9 Å². The van der Waals surface area contributed by atoms with Gasteiger partial charge in [0.25, 0.3) is 17.5 Å². The first-order valence-corrected chi connectivity index (χ1v) is 12.1. The molecule has 0 aliphatic carbocycles. The number of imide groups is 2. The Hall–Kier alpha value is -4.20. The van der Waals surface area contributed by atoms with Gasteiger partial charge in [-0.05, 0) is 71.0 Å². The van der Waals surface area contributed by atoms with Crippen LogP contribution in [0.5, 0.6) is 11.5 Å². The standard InChI is InChI=1S/C25H20IN3O8/c1-2-35-21-12-16(11-20(26)22(21)37-14-15-5-3-6-17(9-15)29(33)34)10-19-23(30)27-25(32)28(24(19)31)13-18-7-4-8-36-18/h3-12H,2,13-14H2,1H3,(H,27,30,32)/b19-10+. The first-order valence-electron chi connectivity index (χ1n) is 11.0. The number of barbiturate groups is 1. The van der Waals surface area contributed by atoms with Gasteiger partial charge in [0.15, 0.2) is 11.5 Å². The molecule has 1 aliphatic heterocycles. The summed E-state index contributed by atoms with van der Waals surface area (Å²) in [5.74, 6) is -0.423. The van der Waals surface area contributed by atoms with E-state index in [4.69, 9.17) is 13.9 Å². The zero-order valence-corrected chi connectivity index (χ0v) is 21.6. The monoisotopic (exact) mass is 617 g/mol. The molecule has 4 rings (SSSR count). The van der Waals surface area contributed by atoms with Crippen molar-refractivity contribution >= 4 is 52.2 Å². The summed E-state index contributed by atoms with van der Waals surface area (Å²) in [6, 6.07) is 11.8. The minimum absolute atomic E-state index is 0.0437. The number of hydrogen-bond donors (Lipinski definition) is 1. The van der Waals surface area contributed by atoms with Crippen LogP contribution in [-0.2, 0) is 22.7 Å². The highest BCUT2D eigenvalue weighted by Crippen LogP contribution is 2.36. The van der Waals surface area contributed by atoms with Crippen LogP contribution in [0.3, 0.4) is 0 Å². The van der Waals surface area contributed by atoms with Gasteiger partial charge in [-0.25, -0.2) is 4.79 Å². The van der Waals surface area contributed by atoms with Crippen LogP contribution in [0.25, 0.3) is 6.08 Å². The van der Waals surface area contributed by atoms with E-state index in [0.29, 0.717) is 38.6 Å². The Balaban J connectivity index is 1.61. The molecule has 0 atom stereocenters. The van der Waals surface area contributed by atoms with Crippen LogP contribution in [0.2, 0.25) is 0 Å². The van der Waals surface area contributed by atoms with Crippen molar-refractivity contribution in [3.05, 3.63) is 90.9 Å². The largest absolute Gasteiger partial charge is 0.490 e. The van der Waals surface area contributed by atoms with Crippen LogP contribution in [0.4, 0.5) is 10.5 Å². The van der Waals surface area contributed by atoms with E-state index in [9.17, 15) is 24.5 Å². The van der Waals surface area contributed by atoms with Crippen molar-refractivity contribution in [3.63, 3.8) is 0 Å². The molecule has 0 unspecified atom stereocenters. The second-order valence-electron chi connectivity index (χ2n) is 7.77. The van der Waals surface area contributed by atoms with Gasteiger partial charge in [0.1, 0.15) is 17.9 Å². The van der Waals surface area contributed by atoms with Gasteiger partial charge in [0.05, 0.1) is 27.9 Å². The molecule has 2 heterocycles. The van der Waals surface area contributed by atoms with E-state index in [1.54, 1.807) is 43.3 Å². The minimum atomic E-state index is -0.835. The molecule has 1 aliphatic rings. The molecule has 1 N–H and O–H groups in total. The van der Waals surface area contributed by atoms with E-state index >= 15 is 0 Å². The molecule has 0 spiro atoms. The van der Waals surface area contributed by atoms with Gasteiger partial charge < -0.3 is 13.9 Å². The quantitative estimate of drug-likeness (QED) is 0.122. The molecule has 0 radical (unpaired) electrons. The molecule has 2 aromatic carbocycles. The third-order valence-corrected chi connectivity index (χ3v) is 6.03. The van der Waals surface area contributed by atoms with E-state index in [2.05, 4.69) is 5.32 Å². The van der Waals surface area contributed by atoms with Crippen molar-refractivity contribution < 1.29 is 33.2 Å². The number of hydrogen-bond acceptors (Lipinski definition) is 8. The molecule has 0 saturated carbocycles. The highest BCUT2D eigenvalue weighted by atomic mass is 127. The predicted molar refractivity (Wildman–Crippen MR) is 139 cm³/mol. The fourth-order valence-electron chi connectivity index (χ4n) is 3.55. The predicted octanol–water partition coefficient (Wildman–Crippen LogP) is 4.43. The van der Waals surface area contributed by atoms with Gasteiger partial charge in [-0.1, -0.05) is 12.1 Å². The first-order chi connectivity index (χ1) is 17.8. The van der Waals surface area contributed by atoms with E-state index in [1.165, 1.54) is 24.5 Å². The Kier molecular flexibility index (Phi) is 7.86. The van der Waals surface area contributed by atoms with Crippen molar-refractivity contribution in [1.29, 1.82) is 0 Å². The maximum Gasteiger partial charge on any atom is 0.331 e. The van der Waals surface area contributed by atoms with Crippen LogP contribution >= 0.6 is 22.6 Å². The maximum absolute atomic E-state index is 13.0. The number of ether oxygens (including phenoxy) is 2. The number of carbonyl (C=O) groups excluding carboxylic acids is 3. The number of nitrogens with one attached hydrogen (secondary N) is 1. The van der Waals surface area contributed by atoms with Crippen LogP contribution in [-0.4, -0.2) is 34.3 Å². The van der Waals surface area contributed by atoms with Gasteiger partial charge >= 0.3 is 6.03 Å². The Morgan fingerprint density at radius 1 is 1.14 bits per heavy atom. The second-order valence-corrected chi connectivity index (χ2v) is 8.93. The summed E-state index contributed by atoms with van der Waals surface area (Å²) in [6.07, 6.45) is 2.79. The summed E-state index contributed by atoms with van der Waals surface area (Å²) >= 11 is 2.03. The van der Waals surface area contributed by atoms with Crippen LogP contribution < -0.4 is 14.8 Å². The highest BCUT2D eigenvalue weighted by molar-refractivity contribution is 14.1. The number of carbonyl (C=O) groups is 3. The minimum Gasteiger partial charge on any atom is -0.490 e. The van der Waals surface area contributed by atoms with Crippen molar-refractivity contribution in [3.8, 4) is 11.5 Å². The van der Waals surface area contributed by atoms with E-state index < -0.39 is 22.8 Å². The van der Waals surface area contributed by atoms with Crippen LogP contribution in [0, 0.1) is 13.7 Å². The summed E-state index contributed by atoms with van der Waals surface area (Å²) in [5, 5.41) is 13.2. The van der Waals surface area contributed by atoms with Crippen molar-refractivity contribution in [1.82, 2.24) is 10.2 Å². The number of urea groups is 1. The highest BCUT2D eigenvalue weighted by Gasteiger charge is 2.36. The number of halogens is 1. The lowest BCUT2D eigenvalue weighted by atomic mass is 10.1. The number of rotatable bonds is 9. The van der Waals surface area contributed by atoms with Crippen LogP contribution in [0.15, 0.2) is 64.8 Å². The SMILES string of the molecule is CCOc1cc(/C=C2\C(=O)NC(=O)N(Cc3ccco3)C2=O)cc(I)c1OCc1cccc([N+](=O)[O-])c1. The Morgan fingerprint density at radius 3 is 2.65 bits per heavy atom. The lowest BCUT2D eigenvalue weighted by Gasteiger charge is -2.25. The summed E-state index contributed by atoms with van der Waals surface area (Å²) in [4.78, 5) is 49.2. The summed E-state index contributed by atoms with van der Waals surface area (Å²) in [5.41, 5.74) is 0.804. The molecule has 0 bridgehead atoms. The normalized spacial score (nSPS) is 14.6. The number of furan rings is 1. The molecule has 37 heavy (non-hydrogen) atoms. The number of nitrogens with zero attached hydrogens (tertiary/aromatic N) is 2. The van der Waals surface area contributed by atoms with Crippen LogP contribution in [0.1, 0.15) is 23.8 Å². The summed E-state index contributed by atoms with van der Waals surface area (Å²) < 4.78 is 17.5.